The highest BCUT2D eigenvalue weighted by Crippen LogP contribution is 2.52. The molecular weight excluding hydrogens is 557 g/mol. The summed E-state index contributed by atoms with van der Waals surface area (Å²) < 4.78 is 20.2. The molecule has 222 valence electrons. The van der Waals surface area contributed by atoms with Gasteiger partial charge in [-0.2, -0.15) is 15.3 Å². The van der Waals surface area contributed by atoms with Crippen molar-refractivity contribution in [2.24, 2.45) is 10.8 Å². The molecule has 0 radical (unpaired) electrons. The number of alkyl halides is 1. The van der Waals surface area contributed by atoms with Crippen molar-refractivity contribution in [3.8, 4) is 11.9 Å². The number of likely N-dealkylation sites (N-methyl/N-ethyl adjacent to an activating group) is 1. The van der Waals surface area contributed by atoms with E-state index < -0.39 is 17.7 Å². The molecule has 0 bridgehead atoms. The number of Topliss-reactive ketones (excluding diaryl/α,β-unsaturated/α-hetero) is 1. The largest absolute Gasteiger partial charge is 0.473 e. The summed E-state index contributed by atoms with van der Waals surface area (Å²) in [4.78, 5) is 26.4. The van der Waals surface area contributed by atoms with E-state index in [1.165, 1.54) is 23.6 Å². The number of thiophene rings is 1. The molecule has 1 saturated heterocycles. The lowest BCUT2D eigenvalue weighted by atomic mass is 9.61. The smallest absolute Gasteiger partial charge is 0.217 e. The van der Waals surface area contributed by atoms with E-state index in [9.17, 15) is 14.4 Å². The number of rotatable bonds is 7. The number of likely N-dealkylation sites (tertiary alicyclic amines) is 1. The Morgan fingerprint density at radius 3 is 2.81 bits per heavy atom. The molecule has 0 unspecified atom stereocenters. The zero-order valence-electron chi connectivity index (χ0n) is 24.0. The lowest BCUT2D eigenvalue weighted by Crippen LogP contribution is -2.43. The molecule has 4 atom stereocenters. The topological polar surface area (TPSA) is 179 Å². The number of carbonyl (C=O) groups excluding carboxylic acids is 1. The van der Waals surface area contributed by atoms with Crippen LogP contribution < -0.4 is 21.6 Å². The van der Waals surface area contributed by atoms with Gasteiger partial charge in [-0.1, -0.05) is 0 Å². The molecule has 11 nitrogen and oxygen atoms in total. The monoisotopic (exact) mass is 593 g/mol. The van der Waals surface area contributed by atoms with E-state index in [1.807, 2.05) is 18.9 Å². The maximum Gasteiger partial charge on any atom is 0.217 e. The molecular formula is C29H36FN9O2S. The zero-order chi connectivity index (χ0) is 30.2. The van der Waals surface area contributed by atoms with E-state index in [1.54, 1.807) is 7.05 Å². The third kappa shape index (κ3) is 5.25. The number of nitriles is 1. The molecule has 0 amide bonds. The van der Waals surface area contributed by atoms with Crippen LogP contribution in [0.2, 0.25) is 0 Å². The van der Waals surface area contributed by atoms with Crippen LogP contribution in [0.25, 0.3) is 5.70 Å². The summed E-state index contributed by atoms with van der Waals surface area (Å²) in [6.45, 7) is 2.18. The number of nitrogens with two attached hydrogens (primary N) is 2. The third-order valence-electron chi connectivity index (χ3n) is 8.61. The summed E-state index contributed by atoms with van der Waals surface area (Å²) >= 11 is 1.39. The second kappa shape index (κ2) is 11.8. The number of nitrogen functional groups attached to an aromatic ring is 1. The van der Waals surface area contributed by atoms with Gasteiger partial charge in [0, 0.05) is 36.2 Å². The summed E-state index contributed by atoms with van der Waals surface area (Å²) in [6.07, 6.45) is 4.27. The minimum Gasteiger partial charge on any atom is -0.473 e. The summed E-state index contributed by atoms with van der Waals surface area (Å²) in [6, 6.07) is 3.60. The summed E-state index contributed by atoms with van der Waals surface area (Å²) in [5.74, 6) is 0.113. The van der Waals surface area contributed by atoms with E-state index in [0.29, 0.717) is 54.8 Å². The van der Waals surface area contributed by atoms with Crippen LogP contribution in [-0.4, -0.2) is 71.5 Å². The first kappa shape index (κ1) is 29.6. The summed E-state index contributed by atoms with van der Waals surface area (Å²) in [7, 11) is 3.47. The summed E-state index contributed by atoms with van der Waals surface area (Å²) in [5.41, 5.74) is 16.5. The van der Waals surface area contributed by atoms with E-state index in [-0.39, 0.29) is 40.6 Å². The number of allylic oxidation sites excluding steroid dienone is 1. The van der Waals surface area contributed by atoms with Crippen molar-refractivity contribution in [3.05, 3.63) is 39.2 Å². The Morgan fingerprint density at radius 2 is 2.14 bits per heavy atom. The fourth-order valence-electron chi connectivity index (χ4n) is 6.64. The Kier molecular flexibility index (Phi) is 8.30. The lowest BCUT2D eigenvalue weighted by molar-refractivity contribution is -0.122. The van der Waals surface area contributed by atoms with Crippen LogP contribution in [0.15, 0.2) is 16.7 Å². The Hall–Kier alpha value is -3.89. The molecule has 2 aromatic rings. The van der Waals surface area contributed by atoms with Crippen molar-refractivity contribution in [1.82, 2.24) is 20.3 Å². The number of aromatic nitrogens is 2. The molecule has 1 saturated carbocycles. The first-order valence-corrected chi connectivity index (χ1v) is 15.0. The number of hydrogen-bond donors (Lipinski definition) is 4. The van der Waals surface area contributed by atoms with Crippen molar-refractivity contribution >= 4 is 39.7 Å². The predicted octanol–water partition coefficient (Wildman–Crippen LogP) is 3.07. The highest BCUT2D eigenvalue weighted by Gasteiger charge is 2.49. The Morgan fingerprint density at radius 1 is 1.40 bits per heavy atom. The maximum absolute atomic E-state index is 14.3. The number of halogens is 1. The van der Waals surface area contributed by atoms with Crippen molar-refractivity contribution in [2.45, 2.75) is 75.6 Å². The highest BCUT2D eigenvalue weighted by molar-refractivity contribution is 7.16. The molecule has 1 aliphatic heterocycles. The quantitative estimate of drug-likeness (QED) is 0.213. The molecule has 6 N–H and O–H groups in total. The number of hydrazone groups is 1. The van der Waals surface area contributed by atoms with Gasteiger partial charge in [-0.05, 0) is 64.5 Å². The molecule has 2 fully saturated rings. The van der Waals surface area contributed by atoms with Crippen molar-refractivity contribution in [3.63, 3.8) is 0 Å². The van der Waals surface area contributed by atoms with E-state index in [2.05, 4.69) is 26.6 Å². The lowest BCUT2D eigenvalue weighted by Gasteiger charge is -2.40. The summed E-state index contributed by atoms with van der Waals surface area (Å²) in [5, 5.41) is 22.7. The Labute approximate surface area is 248 Å². The Balaban J connectivity index is 1.56. The molecule has 1 spiro atoms. The maximum atomic E-state index is 14.3. The van der Waals surface area contributed by atoms with Gasteiger partial charge in [0.25, 0.3) is 0 Å². The number of nitrogens with zero attached hydrogens (tertiary/aromatic N) is 5. The van der Waals surface area contributed by atoms with Gasteiger partial charge in [0.15, 0.2) is 11.6 Å². The average Bonchev–Trinajstić information content (AvgIpc) is 3.49. The first-order chi connectivity index (χ1) is 20.1. The minimum absolute atomic E-state index is 0.0131. The number of hydrogen-bond acceptors (Lipinski definition) is 12. The van der Waals surface area contributed by atoms with Crippen LogP contribution in [0.1, 0.15) is 73.0 Å². The number of carbonyl (C=O) groups is 1. The number of nitrogens with one attached hydrogen (secondary N) is 2. The van der Waals surface area contributed by atoms with Crippen LogP contribution in [0.3, 0.4) is 0 Å². The molecule has 0 aromatic carbocycles. The van der Waals surface area contributed by atoms with E-state index in [0.717, 1.165) is 23.3 Å². The van der Waals surface area contributed by atoms with Crippen LogP contribution in [0.4, 0.5) is 9.39 Å². The second-order valence-electron chi connectivity index (χ2n) is 11.2. The van der Waals surface area contributed by atoms with Gasteiger partial charge in [-0.3, -0.25) is 15.1 Å². The number of ketones is 1. The molecule has 2 aromatic heterocycles. The normalized spacial score (nSPS) is 26.2. The van der Waals surface area contributed by atoms with Crippen LogP contribution in [0.5, 0.6) is 5.88 Å². The molecule has 3 heterocycles. The minimum atomic E-state index is -0.932. The molecule has 3 aliphatic rings. The number of anilines is 1. The average molecular weight is 594 g/mol. The Bertz CT molecular complexity index is 1510. The second-order valence-corrected chi connectivity index (χ2v) is 12.4. The van der Waals surface area contributed by atoms with Gasteiger partial charge in [-0.15, -0.1) is 11.3 Å². The van der Waals surface area contributed by atoms with Gasteiger partial charge in [0.2, 0.25) is 5.88 Å². The van der Waals surface area contributed by atoms with E-state index in [4.69, 9.17) is 21.6 Å². The van der Waals surface area contributed by atoms with Crippen LogP contribution in [0, 0.1) is 16.7 Å². The molecule has 13 heteroatoms. The van der Waals surface area contributed by atoms with Gasteiger partial charge in [0.1, 0.15) is 23.3 Å². The van der Waals surface area contributed by atoms with Crippen LogP contribution in [-0.2, 0) is 16.6 Å². The SMILES string of the molecule is CN/N=C\C(=N)c1cc(O[C@@H](C)[C@@H]2C[C@@H](F)CN2C)nc(C(N)=C2CCC[C@@]3(CCCc4sc(N)c(C#N)c43)C2=O)n1. The zero-order valence-corrected chi connectivity index (χ0v) is 24.9. The van der Waals surface area contributed by atoms with Gasteiger partial charge >= 0.3 is 0 Å². The van der Waals surface area contributed by atoms with Gasteiger partial charge < -0.3 is 21.6 Å². The van der Waals surface area contributed by atoms with Crippen molar-refractivity contribution < 1.29 is 13.9 Å². The number of aryl methyl sites for hydroxylation is 1. The van der Waals surface area contributed by atoms with Crippen LogP contribution >= 0.6 is 11.3 Å². The van der Waals surface area contributed by atoms with Crippen molar-refractivity contribution in [1.29, 1.82) is 10.7 Å². The predicted molar refractivity (Wildman–Crippen MR) is 160 cm³/mol. The third-order valence-corrected chi connectivity index (χ3v) is 9.69. The number of fused-ring (bicyclic) bond motifs is 2. The fraction of sp³-hybridized carbons (Fsp3) is 0.517. The van der Waals surface area contributed by atoms with Gasteiger partial charge in [0.05, 0.1) is 34.3 Å². The first-order valence-electron chi connectivity index (χ1n) is 14.1. The number of ether oxygens (including phenoxy) is 1. The highest BCUT2D eigenvalue weighted by atomic mass is 32.1. The van der Waals surface area contributed by atoms with Gasteiger partial charge in [-0.25, -0.2) is 9.37 Å². The van der Waals surface area contributed by atoms with Crippen molar-refractivity contribution in [2.75, 3.05) is 26.4 Å². The van der Waals surface area contributed by atoms with E-state index >= 15 is 0 Å². The fourth-order valence-corrected chi connectivity index (χ4v) is 7.80. The standard InChI is InChI=1S/C29H36FN9O2S/c1-15(21-10-16(30)14-39(21)3)41-23-11-20(19(32)13-36-35-2)37-28(38-23)25(33)17-6-4-8-29(26(17)40)9-5-7-22-24(29)18(12-31)27(34)42-22/h11,13,15-16,21,32,35H,4-10,14,33-34H2,1-3H3/b25-17?,32-19?,36-13-/t15-,16+,21-,29-/m0/s1. The molecule has 5 rings (SSSR count). The molecule has 2 aliphatic carbocycles. The molecule has 42 heavy (non-hydrogen) atoms.